The molecule has 0 aliphatic carbocycles. The van der Waals surface area contributed by atoms with E-state index in [1.165, 1.54) is 5.69 Å². The van der Waals surface area contributed by atoms with Crippen molar-refractivity contribution in [3.8, 4) is 0 Å². The van der Waals surface area contributed by atoms with Crippen molar-refractivity contribution >= 4 is 12.2 Å². The topological polar surface area (TPSA) is 50.6 Å². The maximum absolute atomic E-state index is 5.08. The van der Waals surface area contributed by atoms with Crippen LogP contribution in [0.1, 0.15) is 11.5 Å². The summed E-state index contributed by atoms with van der Waals surface area (Å²) in [4.78, 5) is 0. The predicted octanol–water partition coefficient (Wildman–Crippen LogP) is 1.33. The van der Waals surface area contributed by atoms with Gasteiger partial charge in [-0.2, -0.15) is 5.10 Å². The van der Waals surface area contributed by atoms with Crippen LogP contribution in [-0.4, -0.2) is 19.4 Å². The monoisotopic (exact) mass is 223 g/mol. The van der Waals surface area contributed by atoms with Gasteiger partial charge in [-0.15, -0.1) is 0 Å². The Balaban J connectivity index is 2.12. The highest BCUT2D eigenvalue weighted by atomic mass is 32.1. The summed E-state index contributed by atoms with van der Waals surface area (Å²) in [5.41, 5.74) is 4.39. The second-order valence-corrected chi connectivity index (χ2v) is 3.74. The lowest BCUT2D eigenvalue weighted by atomic mass is 10.4. The van der Waals surface area contributed by atoms with Crippen molar-refractivity contribution in [2.75, 3.05) is 5.43 Å². The Morgan fingerprint density at radius 1 is 1.60 bits per heavy atom. The fourth-order valence-electron chi connectivity index (χ4n) is 1.40. The number of aryl methyl sites for hydroxylation is 2. The van der Waals surface area contributed by atoms with Crippen LogP contribution in [0.5, 0.6) is 0 Å². The van der Waals surface area contributed by atoms with Gasteiger partial charge in [-0.05, 0) is 31.3 Å². The molecule has 0 bridgehead atoms. The van der Waals surface area contributed by atoms with Gasteiger partial charge in [0, 0.05) is 18.9 Å². The van der Waals surface area contributed by atoms with E-state index in [2.05, 4.69) is 26.3 Å². The van der Waals surface area contributed by atoms with Gasteiger partial charge in [0.25, 0.3) is 0 Å². The molecule has 0 spiro atoms. The van der Waals surface area contributed by atoms with Crippen LogP contribution in [0.15, 0.2) is 18.3 Å². The molecule has 15 heavy (non-hydrogen) atoms. The highest BCUT2D eigenvalue weighted by molar-refractivity contribution is 7.71. The number of aromatic amines is 1. The van der Waals surface area contributed by atoms with E-state index in [0.29, 0.717) is 4.77 Å². The molecule has 0 aliphatic rings. The van der Waals surface area contributed by atoms with Crippen molar-refractivity contribution in [1.82, 2.24) is 19.4 Å². The summed E-state index contributed by atoms with van der Waals surface area (Å²) in [5, 5.41) is 6.74. The highest BCUT2D eigenvalue weighted by Gasteiger charge is 2.01. The smallest absolute Gasteiger partial charge is 0.214 e. The molecular formula is C9H13N5S. The van der Waals surface area contributed by atoms with Crippen LogP contribution < -0.4 is 5.43 Å². The van der Waals surface area contributed by atoms with Crippen LogP contribution in [0, 0.1) is 11.7 Å². The quantitative estimate of drug-likeness (QED) is 0.772. The first kappa shape index (κ1) is 9.97. The largest absolute Gasteiger partial charge is 0.353 e. The van der Waals surface area contributed by atoms with Crippen LogP contribution >= 0.6 is 12.2 Å². The Bertz CT molecular complexity index is 507. The molecule has 6 heteroatoms. The van der Waals surface area contributed by atoms with E-state index < -0.39 is 0 Å². The Hall–Kier alpha value is -1.56. The summed E-state index contributed by atoms with van der Waals surface area (Å²) in [6.07, 6.45) is 2.01. The molecule has 2 aromatic rings. The van der Waals surface area contributed by atoms with E-state index in [-0.39, 0.29) is 0 Å². The number of hydrogen-bond donors (Lipinski definition) is 2. The molecule has 2 aromatic heterocycles. The van der Waals surface area contributed by atoms with Gasteiger partial charge in [-0.3, -0.25) is 5.10 Å². The lowest BCUT2D eigenvalue weighted by Crippen LogP contribution is -2.17. The minimum absolute atomic E-state index is 0.585. The fraction of sp³-hybridized carbons (Fsp3) is 0.333. The van der Waals surface area contributed by atoms with Gasteiger partial charge in [-0.1, -0.05) is 0 Å². The van der Waals surface area contributed by atoms with Gasteiger partial charge in [0.15, 0.2) is 0 Å². The number of nitrogens with zero attached hydrogens (tertiary/aromatic N) is 3. The van der Waals surface area contributed by atoms with E-state index in [0.717, 1.165) is 12.4 Å². The van der Waals surface area contributed by atoms with Gasteiger partial charge in [0.1, 0.15) is 5.82 Å². The maximum Gasteiger partial charge on any atom is 0.214 e. The van der Waals surface area contributed by atoms with Gasteiger partial charge >= 0.3 is 0 Å². The van der Waals surface area contributed by atoms with Crippen LogP contribution in [0.25, 0.3) is 0 Å². The first-order valence-electron chi connectivity index (χ1n) is 4.66. The normalized spacial score (nSPS) is 10.5. The standard InChI is InChI=1S/C9H13N5S/c1-7-11-12-9(15)14(7)10-6-8-4-3-5-13(8)2/h3-5,10H,6H2,1-2H3,(H,12,15). The number of aromatic nitrogens is 4. The van der Waals surface area contributed by atoms with Crippen molar-refractivity contribution < 1.29 is 0 Å². The molecule has 0 unspecified atom stereocenters. The molecular weight excluding hydrogens is 210 g/mol. The molecule has 0 saturated carbocycles. The highest BCUT2D eigenvalue weighted by Crippen LogP contribution is 2.00. The summed E-state index contributed by atoms with van der Waals surface area (Å²) in [6, 6.07) is 4.07. The number of H-pyrrole nitrogens is 1. The zero-order valence-corrected chi connectivity index (χ0v) is 9.51. The third-order valence-electron chi connectivity index (χ3n) is 2.31. The summed E-state index contributed by atoms with van der Waals surface area (Å²) in [7, 11) is 2.01. The summed E-state index contributed by atoms with van der Waals surface area (Å²) >= 11 is 5.08. The molecule has 0 saturated heterocycles. The average molecular weight is 223 g/mol. The van der Waals surface area contributed by atoms with Crippen molar-refractivity contribution in [3.63, 3.8) is 0 Å². The van der Waals surface area contributed by atoms with Crippen molar-refractivity contribution in [1.29, 1.82) is 0 Å². The van der Waals surface area contributed by atoms with Crippen LogP contribution in [0.4, 0.5) is 0 Å². The minimum Gasteiger partial charge on any atom is -0.353 e. The molecule has 0 atom stereocenters. The maximum atomic E-state index is 5.08. The Kier molecular flexibility index (Phi) is 2.59. The molecule has 2 rings (SSSR count). The van der Waals surface area contributed by atoms with E-state index in [1.54, 1.807) is 4.68 Å². The third-order valence-corrected chi connectivity index (χ3v) is 2.58. The Labute approximate surface area is 92.7 Å². The van der Waals surface area contributed by atoms with Crippen LogP contribution in [0.2, 0.25) is 0 Å². The van der Waals surface area contributed by atoms with Crippen molar-refractivity contribution in [2.24, 2.45) is 7.05 Å². The molecule has 0 aliphatic heterocycles. The lowest BCUT2D eigenvalue weighted by Gasteiger charge is -2.08. The number of hydrogen-bond acceptors (Lipinski definition) is 3. The molecule has 2 heterocycles. The summed E-state index contributed by atoms with van der Waals surface area (Å²) in [6.45, 7) is 2.61. The lowest BCUT2D eigenvalue weighted by molar-refractivity contribution is 0.748. The molecule has 0 aromatic carbocycles. The van der Waals surface area contributed by atoms with Gasteiger partial charge < -0.3 is 9.99 Å². The summed E-state index contributed by atoms with van der Waals surface area (Å²) < 4.78 is 4.41. The summed E-state index contributed by atoms with van der Waals surface area (Å²) in [5.74, 6) is 0.828. The number of rotatable bonds is 3. The van der Waals surface area contributed by atoms with Crippen LogP contribution in [0.3, 0.4) is 0 Å². The van der Waals surface area contributed by atoms with Crippen LogP contribution in [-0.2, 0) is 13.6 Å². The van der Waals surface area contributed by atoms with Gasteiger partial charge in [-0.25, -0.2) is 4.68 Å². The third kappa shape index (κ3) is 1.94. The van der Waals surface area contributed by atoms with Crippen molar-refractivity contribution in [2.45, 2.75) is 13.5 Å². The van der Waals surface area contributed by atoms with E-state index >= 15 is 0 Å². The van der Waals surface area contributed by atoms with E-state index in [1.807, 2.05) is 26.2 Å². The second-order valence-electron chi connectivity index (χ2n) is 3.36. The first-order valence-corrected chi connectivity index (χ1v) is 5.07. The zero-order chi connectivity index (χ0) is 10.8. The molecule has 5 nitrogen and oxygen atoms in total. The molecule has 0 radical (unpaired) electrons. The predicted molar refractivity (Wildman–Crippen MR) is 60.6 cm³/mol. The van der Waals surface area contributed by atoms with Gasteiger partial charge in [0.2, 0.25) is 4.77 Å². The first-order chi connectivity index (χ1) is 7.18. The Morgan fingerprint density at radius 3 is 2.93 bits per heavy atom. The zero-order valence-electron chi connectivity index (χ0n) is 8.69. The Morgan fingerprint density at radius 2 is 2.40 bits per heavy atom. The molecule has 2 N–H and O–H groups in total. The van der Waals surface area contributed by atoms with Crippen molar-refractivity contribution in [3.05, 3.63) is 34.6 Å². The average Bonchev–Trinajstić information content (AvgIpc) is 2.73. The van der Waals surface area contributed by atoms with E-state index in [9.17, 15) is 0 Å². The van der Waals surface area contributed by atoms with Gasteiger partial charge in [0.05, 0.1) is 6.54 Å². The molecule has 0 fully saturated rings. The molecule has 80 valence electrons. The molecule has 0 amide bonds. The van der Waals surface area contributed by atoms with E-state index in [4.69, 9.17) is 12.2 Å². The SMILES string of the molecule is Cc1n[nH]c(=S)n1NCc1cccn1C. The minimum atomic E-state index is 0.585. The second kappa shape index (κ2) is 3.90. The number of nitrogens with one attached hydrogen (secondary N) is 2. The fourth-order valence-corrected chi connectivity index (χ4v) is 1.64.